The van der Waals surface area contributed by atoms with Crippen molar-refractivity contribution in [3.63, 3.8) is 0 Å². The number of aromatic nitrogens is 2. The van der Waals surface area contributed by atoms with Gasteiger partial charge in [0.2, 0.25) is 0 Å². The van der Waals surface area contributed by atoms with Gasteiger partial charge in [0.25, 0.3) is 11.5 Å². The molecule has 31 heavy (non-hydrogen) atoms. The number of amides is 1. The second-order valence-electron chi connectivity index (χ2n) is 7.25. The number of furan rings is 1. The van der Waals surface area contributed by atoms with Crippen LogP contribution in [0.25, 0.3) is 16.6 Å². The topological polar surface area (TPSA) is 68.7 Å². The van der Waals surface area contributed by atoms with Gasteiger partial charge in [0.05, 0.1) is 30.4 Å². The normalized spacial score (nSPS) is 11.3. The summed E-state index contributed by atoms with van der Waals surface area (Å²) in [5, 5.41) is 2.82. The van der Waals surface area contributed by atoms with Crippen LogP contribution in [0.15, 0.2) is 88.4 Å². The average Bonchev–Trinajstić information content (AvgIpc) is 3.48. The Morgan fingerprint density at radius 2 is 1.81 bits per heavy atom. The number of benzene rings is 2. The van der Waals surface area contributed by atoms with Gasteiger partial charge in [-0.3, -0.25) is 9.59 Å². The van der Waals surface area contributed by atoms with Crippen LogP contribution < -0.4 is 10.9 Å². The minimum atomic E-state index is -0.335. The number of carbonyl (C=O) groups is 1. The third kappa shape index (κ3) is 3.50. The maximum Gasteiger partial charge on any atom is 0.275 e. The molecule has 0 unspecified atom stereocenters. The van der Waals surface area contributed by atoms with E-state index in [1.807, 2.05) is 22.7 Å². The summed E-state index contributed by atoms with van der Waals surface area (Å²) in [6, 6.07) is 18.4. The van der Waals surface area contributed by atoms with Gasteiger partial charge in [-0.2, -0.15) is 0 Å². The molecule has 7 heteroatoms. The Bertz CT molecular complexity index is 1450. The summed E-state index contributed by atoms with van der Waals surface area (Å²) >= 11 is 0. The zero-order valence-electron chi connectivity index (χ0n) is 16.4. The first kappa shape index (κ1) is 18.9. The lowest BCUT2D eigenvalue weighted by molar-refractivity contribution is 0.0948. The highest BCUT2D eigenvalue weighted by molar-refractivity contribution is 5.97. The molecule has 0 bridgehead atoms. The first-order valence-electron chi connectivity index (χ1n) is 9.79. The third-order valence-electron chi connectivity index (χ3n) is 5.26. The van der Waals surface area contributed by atoms with E-state index in [0.717, 1.165) is 11.1 Å². The predicted molar refractivity (Wildman–Crippen MR) is 115 cm³/mol. The molecule has 154 valence electrons. The molecule has 0 saturated heterocycles. The maximum absolute atomic E-state index is 13.3. The van der Waals surface area contributed by atoms with E-state index in [4.69, 9.17) is 4.42 Å². The number of nitrogens with zero attached hydrogens (tertiary/aromatic N) is 2. The van der Waals surface area contributed by atoms with Crippen LogP contribution in [0.1, 0.15) is 21.7 Å². The van der Waals surface area contributed by atoms with Gasteiger partial charge in [-0.1, -0.05) is 12.1 Å². The Morgan fingerprint density at radius 1 is 0.968 bits per heavy atom. The molecule has 3 aromatic heterocycles. The molecule has 0 spiro atoms. The molecule has 2 aromatic carbocycles. The van der Waals surface area contributed by atoms with Crippen LogP contribution in [-0.2, 0) is 13.1 Å². The summed E-state index contributed by atoms with van der Waals surface area (Å²) in [7, 11) is 0. The van der Waals surface area contributed by atoms with Gasteiger partial charge in [0.1, 0.15) is 17.1 Å². The number of halogens is 1. The largest absolute Gasteiger partial charge is 0.467 e. The molecule has 0 radical (unpaired) electrons. The van der Waals surface area contributed by atoms with Gasteiger partial charge >= 0.3 is 0 Å². The highest BCUT2D eigenvalue weighted by Crippen LogP contribution is 2.19. The quantitative estimate of drug-likeness (QED) is 0.472. The standard InChI is InChI=1S/C24H18FN3O3/c25-18-8-5-16(6-9-18)15-28-22-13-17(23(29)26-14-19-3-2-12-31-19)7-10-20(22)27-11-1-4-21(27)24(28)30/h1-13H,14-15H2,(H,26,29). The van der Waals surface area contributed by atoms with Crippen LogP contribution in [0, 0.1) is 5.82 Å². The van der Waals surface area contributed by atoms with E-state index in [2.05, 4.69) is 5.32 Å². The average molecular weight is 415 g/mol. The molecule has 1 amide bonds. The van der Waals surface area contributed by atoms with E-state index >= 15 is 0 Å². The van der Waals surface area contributed by atoms with Gasteiger partial charge in [0.15, 0.2) is 0 Å². The first-order valence-corrected chi connectivity index (χ1v) is 9.79. The molecule has 0 aliphatic heterocycles. The zero-order chi connectivity index (χ0) is 21.4. The monoisotopic (exact) mass is 415 g/mol. The first-order chi connectivity index (χ1) is 15.1. The van der Waals surface area contributed by atoms with E-state index in [1.165, 1.54) is 12.1 Å². The van der Waals surface area contributed by atoms with Crippen molar-refractivity contribution in [2.45, 2.75) is 13.1 Å². The number of fused-ring (bicyclic) bond motifs is 3. The van der Waals surface area contributed by atoms with Crippen molar-refractivity contribution in [3.05, 3.63) is 112 Å². The molecular formula is C24H18FN3O3. The molecule has 0 fully saturated rings. The molecule has 6 nitrogen and oxygen atoms in total. The molecule has 5 rings (SSSR count). The Balaban J connectivity index is 1.59. The van der Waals surface area contributed by atoms with Crippen LogP contribution in [0.2, 0.25) is 0 Å². The molecular weight excluding hydrogens is 397 g/mol. The van der Waals surface area contributed by atoms with Crippen molar-refractivity contribution in [2.75, 3.05) is 0 Å². The van der Waals surface area contributed by atoms with E-state index in [1.54, 1.807) is 53.3 Å². The van der Waals surface area contributed by atoms with Crippen LogP contribution in [0.3, 0.4) is 0 Å². The van der Waals surface area contributed by atoms with Crippen molar-refractivity contribution in [2.24, 2.45) is 0 Å². The van der Waals surface area contributed by atoms with E-state index in [9.17, 15) is 14.0 Å². The van der Waals surface area contributed by atoms with Crippen molar-refractivity contribution in [1.82, 2.24) is 14.3 Å². The zero-order valence-corrected chi connectivity index (χ0v) is 16.4. The van der Waals surface area contributed by atoms with Crippen molar-refractivity contribution in [1.29, 1.82) is 0 Å². The molecule has 1 N–H and O–H groups in total. The lowest BCUT2D eigenvalue weighted by Crippen LogP contribution is -2.25. The lowest BCUT2D eigenvalue weighted by atomic mass is 10.1. The smallest absolute Gasteiger partial charge is 0.275 e. The second-order valence-corrected chi connectivity index (χ2v) is 7.25. The molecule has 0 atom stereocenters. The van der Waals surface area contributed by atoms with E-state index < -0.39 is 0 Å². The number of rotatable bonds is 5. The van der Waals surface area contributed by atoms with Gasteiger partial charge in [0, 0.05) is 11.8 Å². The summed E-state index contributed by atoms with van der Waals surface area (Å²) < 4.78 is 22.0. The highest BCUT2D eigenvalue weighted by Gasteiger charge is 2.14. The number of hydrogen-bond acceptors (Lipinski definition) is 3. The molecule has 0 saturated carbocycles. The Hall–Kier alpha value is -4.13. The van der Waals surface area contributed by atoms with E-state index in [0.29, 0.717) is 22.4 Å². The summed E-state index contributed by atoms with van der Waals surface area (Å²) in [4.78, 5) is 25.9. The second kappa shape index (κ2) is 7.60. The van der Waals surface area contributed by atoms with Gasteiger partial charge in [-0.15, -0.1) is 0 Å². The van der Waals surface area contributed by atoms with Crippen LogP contribution in [0.4, 0.5) is 4.39 Å². The van der Waals surface area contributed by atoms with E-state index in [-0.39, 0.29) is 30.4 Å². The van der Waals surface area contributed by atoms with Crippen molar-refractivity contribution >= 4 is 22.5 Å². The number of nitrogens with one attached hydrogen (secondary N) is 1. The maximum atomic E-state index is 13.3. The van der Waals surface area contributed by atoms with Gasteiger partial charge in [-0.25, -0.2) is 4.39 Å². The van der Waals surface area contributed by atoms with Gasteiger partial charge in [-0.05, 0) is 60.2 Å². The number of carbonyl (C=O) groups excluding carboxylic acids is 1. The molecule has 3 heterocycles. The summed E-state index contributed by atoms with van der Waals surface area (Å²) in [6.45, 7) is 0.525. The third-order valence-corrected chi connectivity index (χ3v) is 5.26. The van der Waals surface area contributed by atoms with Gasteiger partial charge < -0.3 is 18.7 Å². The lowest BCUT2D eigenvalue weighted by Gasteiger charge is -2.14. The SMILES string of the molecule is O=C(NCc1ccco1)c1ccc2c(c1)n(Cc1ccc(F)cc1)c(=O)c1cccn12. The Kier molecular flexibility index (Phi) is 4.63. The minimum absolute atomic E-state index is 0.185. The molecule has 0 aliphatic carbocycles. The summed E-state index contributed by atoms with van der Waals surface area (Å²) in [6.07, 6.45) is 3.37. The Labute approximate surface area is 176 Å². The van der Waals surface area contributed by atoms with Crippen molar-refractivity contribution < 1.29 is 13.6 Å². The fourth-order valence-electron chi connectivity index (χ4n) is 3.71. The summed E-state index contributed by atoms with van der Waals surface area (Å²) in [5.41, 5.74) is 2.97. The summed E-state index contributed by atoms with van der Waals surface area (Å²) in [5.74, 6) is 0.0432. The van der Waals surface area contributed by atoms with Crippen LogP contribution in [0.5, 0.6) is 0 Å². The fraction of sp³-hybridized carbons (Fsp3) is 0.0833. The molecule has 5 aromatic rings. The minimum Gasteiger partial charge on any atom is -0.467 e. The van der Waals surface area contributed by atoms with Crippen molar-refractivity contribution in [3.8, 4) is 0 Å². The highest BCUT2D eigenvalue weighted by atomic mass is 19.1. The number of hydrogen-bond donors (Lipinski definition) is 1. The fourth-order valence-corrected chi connectivity index (χ4v) is 3.71. The Morgan fingerprint density at radius 3 is 2.58 bits per heavy atom. The van der Waals surface area contributed by atoms with Crippen LogP contribution in [-0.4, -0.2) is 14.9 Å². The van der Waals surface area contributed by atoms with Crippen LogP contribution >= 0.6 is 0 Å². The molecule has 0 aliphatic rings. The predicted octanol–water partition coefficient (Wildman–Crippen LogP) is 3.96.